The zero-order valence-electron chi connectivity index (χ0n) is 9.07. The first kappa shape index (κ1) is 11.1. The van der Waals surface area contributed by atoms with Gasteiger partial charge in [-0.2, -0.15) is 0 Å². The van der Waals surface area contributed by atoms with Gasteiger partial charge in [-0.25, -0.2) is 0 Å². The summed E-state index contributed by atoms with van der Waals surface area (Å²) in [7, 11) is 1.92. The van der Waals surface area contributed by atoms with Gasteiger partial charge in [-0.1, -0.05) is 29.8 Å². The summed E-state index contributed by atoms with van der Waals surface area (Å²) in [5, 5.41) is 3.86. The molecule has 0 saturated heterocycles. The van der Waals surface area contributed by atoms with Gasteiger partial charge in [0.2, 0.25) is 0 Å². The molecule has 0 atom stereocenters. The van der Waals surface area contributed by atoms with Crippen LogP contribution in [0.1, 0.15) is 5.56 Å². The third-order valence-corrected chi connectivity index (χ3v) is 2.70. The lowest BCUT2D eigenvalue weighted by atomic mass is 10.1. The molecule has 1 heterocycles. The molecule has 0 aliphatic rings. The van der Waals surface area contributed by atoms with E-state index in [-0.39, 0.29) is 0 Å². The van der Waals surface area contributed by atoms with Crippen molar-refractivity contribution < 1.29 is 0 Å². The molecule has 2 aromatic rings. The van der Waals surface area contributed by atoms with E-state index in [1.807, 2.05) is 37.5 Å². The fourth-order valence-corrected chi connectivity index (χ4v) is 1.94. The predicted octanol–water partition coefficient (Wildman–Crippen LogP) is 3.12. The summed E-state index contributed by atoms with van der Waals surface area (Å²) in [4.78, 5) is 4.09. The number of aromatic nitrogens is 1. The van der Waals surface area contributed by atoms with Crippen LogP contribution in [0.2, 0.25) is 5.02 Å². The van der Waals surface area contributed by atoms with Crippen molar-refractivity contribution in [1.82, 2.24) is 10.3 Å². The number of halogens is 1. The quantitative estimate of drug-likeness (QED) is 0.880. The first-order valence-corrected chi connectivity index (χ1v) is 5.52. The standard InChI is InChI=1S/C13H13ClN2/c1-15-8-10-4-5-12(13(14)7-10)11-3-2-6-16-9-11/h2-7,9,15H,8H2,1H3. The molecule has 82 valence electrons. The number of nitrogens with one attached hydrogen (secondary N) is 1. The molecular weight excluding hydrogens is 220 g/mol. The Morgan fingerprint density at radius 1 is 1.31 bits per heavy atom. The highest BCUT2D eigenvalue weighted by molar-refractivity contribution is 6.33. The van der Waals surface area contributed by atoms with Crippen LogP contribution in [0.4, 0.5) is 0 Å². The maximum Gasteiger partial charge on any atom is 0.0488 e. The van der Waals surface area contributed by atoms with E-state index < -0.39 is 0 Å². The number of pyridine rings is 1. The average Bonchev–Trinajstić information content (AvgIpc) is 2.31. The van der Waals surface area contributed by atoms with Gasteiger partial charge in [-0.3, -0.25) is 4.98 Å². The topological polar surface area (TPSA) is 24.9 Å². The van der Waals surface area contributed by atoms with Crippen LogP contribution in [0.5, 0.6) is 0 Å². The van der Waals surface area contributed by atoms with Gasteiger partial charge in [-0.15, -0.1) is 0 Å². The van der Waals surface area contributed by atoms with Crippen LogP contribution in [0, 0.1) is 0 Å². The van der Waals surface area contributed by atoms with Gasteiger partial charge in [0.15, 0.2) is 0 Å². The zero-order chi connectivity index (χ0) is 11.4. The number of hydrogen-bond acceptors (Lipinski definition) is 2. The summed E-state index contributed by atoms with van der Waals surface area (Å²) in [6.07, 6.45) is 3.58. The SMILES string of the molecule is CNCc1ccc(-c2cccnc2)c(Cl)c1. The van der Waals surface area contributed by atoms with E-state index in [9.17, 15) is 0 Å². The number of rotatable bonds is 3. The van der Waals surface area contributed by atoms with Crippen molar-refractivity contribution in [2.24, 2.45) is 0 Å². The van der Waals surface area contributed by atoms with Crippen LogP contribution in [0.3, 0.4) is 0 Å². The molecule has 1 aromatic heterocycles. The Hall–Kier alpha value is -1.38. The Morgan fingerprint density at radius 3 is 2.81 bits per heavy atom. The molecule has 0 fully saturated rings. The van der Waals surface area contributed by atoms with Crippen LogP contribution in [-0.2, 0) is 6.54 Å². The molecule has 0 spiro atoms. The Bertz CT molecular complexity index is 469. The van der Waals surface area contributed by atoms with E-state index >= 15 is 0 Å². The van der Waals surface area contributed by atoms with Crippen LogP contribution >= 0.6 is 11.6 Å². The van der Waals surface area contributed by atoms with Crippen molar-refractivity contribution in [3.8, 4) is 11.1 Å². The number of nitrogens with zero attached hydrogens (tertiary/aromatic N) is 1. The summed E-state index contributed by atoms with van der Waals surface area (Å²) in [6, 6.07) is 10.0. The van der Waals surface area contributed by atoms with Crippen molar-refractivity contribution in [2.45, 2.75) is 6.54 Å². The summed E-state index contributed by atoms with van der Waals surface area (Å²) < 4.78 is 0. The molecule has 3 heteroatoms. The van der Waals surface area contributed by atoms with E-state index in [0.717, 1.165) is 22.7 Å². The van der Waals surface area contributed by atoms with Crippen molar-refractivity contribution in [3.05, 3.63) is 53.3 Å². The lowest BCUT2D eigenvalue weighted by molar-refractivity contribution is 0.818. The van der Waals surface area contributed by atoms with E-state index in [0.29, 0.717) is 0 Å². The molecule has 0 radical (unpaired) electrons. The van der Waals surface area contributed by atoms with Gasteiger partial charge in [0.1, 0.15) is 0 Å². The highest BCUT2D eigenvalue weighted by Gasteiger charge is 2.03. The van der Waals surface area contributed by atoms with Crippen LogP contribution in [0.25, 0.3) is 11.1 Å². The summed E-state index contributed by atoms with van der Waals surface area (Å²) in [5.41, 5.74) is 3.25. The molecule has 2 rings (SSSR count). The first-order chi connectivity index (χ1) is 7.81. The van der Waals surface area contributed by atoms with Crippen molar-refractivity contribution in [2.75, 3.05) is 7.05 Å². The normalized spacial score (nSPS) is 10.4. The third kappa shape index (κ3) is 2.40. The Morgan fingerprint density at radius 2 is 2.19 bits per heavy atom. The van der Waals surface area contributed by atoms with E-state index in [2.05, 4.69) is 16.4 Å². The molecule has 0 bridgehead atoms. The van der Waals surface area contributed by atoms with Gasteiger partial charge in [0.25, 0.3) is 0 Å². The molecule has 0 aliphatic heterocycles. The molecule has 1 N–H and O–H groups in total. The van der Waals surface area contributed by atoms with Crippen molar-refractivity contribution in [3.63, 3.8) is 0 Å². The predicted molar refractivity (Wildman–Crippen MR) is 67.4 cm³/mol. The molecule has 0 saturated carbocycles. The van der Waals surface area contributed by atoms with E-state index in [4.69, 9.17) is 11.6 Å². The molecule has 1 aromatic carbocycles. The zero-order valence-corrected chi connectivity index (χ0v) is 9.83. The van der Waals surface area contributed by atoms with Gasteiger partial charge >= 0.3 is 0 Å². The Balaban J connectivity index is 2.37. The molecule has 0 amide bonds. The second-order valence-corrected chi connectivity index (χ2v) is 3.99. The fourth-order valence-electron chi connectivity index (χ4n) is 1.63. The lowest BCUT2D eigenvalue weighted by Crippen LogP contribution is -2.04. The maximum absolute atomic E-state index is 6.24. The van der Waals surface area contributed by atoms with Crippen LogP contribution in [-0.4, -0.2) is 12.0 Å². The number of hydrogen-bond donors (Lipinski definition) is 1. The molecule has 0 unspecified atom stereocenters. The first-order valence-electron chi connectivity index (χ1n) is 5.14. The highest BCUT2D eigenvalue weighted by Crippen LogP contribution is 2.27. The smallest absolute Gasteiger partial charge is 0.0488 e. The minimum absolute atomic E-state index is 0.765. The summed E-state index contributed by atoms with van der Waals surface area (Å²) in [6.45, 7) is 0.826. The lowest BCUT2D eigenvalue weighted by Gasteiger charge is -2.06. The van der Waals surface area contributed by atoms with E-state index in [1.165, 1.54) is 5.56 Å². The largest absolute Gasteiger partial charge is 0.316 e. The highest BCUT2D eigenvalue weighted by atomic mass is 35.5. The number of benzene rings is 1. The molecule has 0 aliphatic carbocycles. The van der Waals surface area contributed by atoms with Crippen LogP contribution < -0.4 is 5.32 Å². The van der Waals surface area contributed by atoms with Crippen molar-refractivity contribution >= 4 is 11.6 Å². The third-order valence-electron chi connectivity index (χ3n) is 2.39. The maximum atomic E-state index is 6.24. The summed E-state index contributed by atoms with van der Waals surface area (Å²) in [5.74, 6) is 0. The van der Waals surface area contributed by atoms with Crippen molar-refractivity contribution in [1.29, 1.82) is 0 Å². The monoisotopic (exact) mass is 232 g/mol. The Kier molecular flexibility index (Phi) is 3.54. The average molecular weight is 233 g/mol. The minimum Gasteiger partial charge on any atom is -0.316 e. The molecule has 2 nitrogen and oxygen atoms in total. The van der Waals surface area contributed by atoms with Gasteiger partial charge < -0.3 is 5.32 Å². The van der Waals surface area contributed by atoms with E-state index in [1.54, 1.807) is 6.20 Å². The molecular formula is C13H13ClN2. The van der Waals surface area contributed by atoms with Gasteiger partial charge in [0.05, 0.1) is 0 Å². The fraction of sp³-hybridized carbons (Fsp3) is 0.154. The molecule has 16 heavy (non-hydrogen) atoms. The second-order valence-electron chi connectivity index (χ2n) is 3.59. The minimum atomic E-state index is 0.765. The second kappa shape index (κ2) is 5.10. The van der Waals surface area contributed by atoms with Gasteiger partial charge in [-0.05, 0) is 24.7 Å². The summed E-state index contributed by atoms with van der Waals surface area (Å²) >= 11 is 6.24. The van der Waals surface area contributed by atoms with Gasteiger partial charge in [0, 0.05) is 35.1 Å². The Labute approximate surface area is 100 Å². The van der Waals surface area contributed by atoms with Crippen LogP contribution in [0.15, 0.2) is 42.7 Å².